The smallest absolute Gasteiger partial charge is 0.241 e. The Labute approximate surface area is 113 Å². The fourth-order valence-electron chi connectivity index (χ4n) is 2.80. The van der Waals surface area contributed by atoms with Crippen molar-refractivity contribution < 1.29 is 4.74 Å². The zero-order valence-electron chi connectivity index (χ0n) is 11.2. The molecule has 0 amide bonds. The average Bonchev–Trinajstić information content (AvgIpc) is 2.48. The average molecular weight is 257 g/mol. The van der Waals surface area contributed by atoms with Crippen LogP contribution in [0.15, 0.2) is 30.5 Å². The molecule has 3 rings (SSSR count). The van der Waals surface area contributed by atoms with Crippen molar-refractivity contribution in [2.45, 2.75) is 37.8 Å². The normalized spacial score (nSPS) is 23.4. The monoisotopic (exact) mass is 257 g/mol. The predicted molar refractivity (Wildman–Crippen MR) is 75.3 cm³/mol. The Morgan fingerprint density at radius 2 is 2.05 bits per heavy atom. The van der Waals surface area contributed by atoms with Gasteiger partial charge in [0, 0.05) is 16.8 Å². The van der Waals surface area contributed by atoms with E-state index in [0.29, 0.717) is 11.9 Å². The van der Waals surface area contributed by atoms with Crippen molar-refractivity contribution in [3.63, 3.8) is 0 Å². The Kier molecular flexibility index (Phi) is 3.60. The molecular formula is C15H19N3O. The van der Waals surface area contributed by atoms with Crippen LogP contribution < -0.4 is 10.1 Å². The summed E-state index contributed by atoms with van der Waals surface area (Å²) in [7, 11) is 2.00. The Hall–Kier alpha value is -1.68. The molecule has 1 aromatic heterocycles. The number of aromatic nitrogens is 2. The first-order valence-corrected chi connectivity index (χ1v) is 6.93. The maximum absolute atomic E-state index is 6.14. The fraction of sp³-hybridized carbons (Fsp3) is 0.467. The minimum absolute atomic E-state index is 0.193. The Balaban J connectivity index is 1.88. The van der Waals surface area contributed by atoms with Gasteiger partial charge in [-0.1, -0.05) is 24.6 Å². The second-order valence-corrected chi connectivity index (χ2v) is 5.07. The highest BCUT2D eigenvalue weighted by molar-refractivity contribution is 5.85. The molecule has 1 N–H and O–H groups in total. The molecule has 2 unspecified atom stereocenters. The zero-order valence-corrected chi connectivity index (χ0v) is 11.2. The molecule has 4 nitrogen and oxygen atoms in total. The van der Waals surface area contributed by atoms with E-state index in [4.69, 9.17) is 4.74 Å². The lowest BCUT2D eigenvalue weighted by Gasteiger charge is -2.31. The number of nitrogens with one attached hydrogen (secondary N) is 1. The molecule has 1 aliphatic rings. The van der Waals surface area contributed by atoms with E-state index in [9.17, 15) is 0 Å². The van der Waals surface area contributed by atoms with Gasteiger partial charge in [0.25, 0.3) is 0 Å². The van der Waals surface area contributed by atoms with Gasteiger partial charge in [0.2, 0.25) is 5.88 Å². The number of benzene rings is 1. The van der Waals surface area contributed by atoms with Crippen LogP contribution in [0.4, 0.5) is 0 Å². The minimum Gasteiger partial charge on any atom is -0.471 e. The molecule has 19 heavy (non-hydrogen) atoms. The number of ether oxygens (including phenoxy) is 1. The van der Waals surface area contributed by atoms with E-state index in [-0.39, 0.29) is 6.10 Å². The summed E-state index contributed by atoms with van der Waals surface area (Å²) in [4.78, 5) is 0. The van der Waals surface area contributed by atoms with Crippen molar-refractivity contribution in [3.8, 4) is 5.88 Å². The topological polar surface area (TPSA) is 47.0 Å². The van der Waals surface area contributed by atoms with Crippen LogP contribution in [-0.2, 0) is 0 Å². The number of hydrogen-bond donors (Lipinski definition) is 1. The third kappa shape index (κ3) is 2.54. The summed E-state index contributed by atoms with van der Waals surface area (Å²) in [5.74, 6) is 0.658. The summed E-state index contributed by atoms with van der Waals surface area (Å²) in [6, 6.07) is 8.50. The Bertz CT molecular complexity index is 553. The van der Waals surface area contributed by atoms with Gasteiger partial charge >= 0.3 is 0 Å². The summed E-state index contributed by atoms with van der Waals surface area (Å²) < 4.78 is 6.14. The molecule has 2 atom stereocenters. The molecule has 1 saturated carbocycles. The molecule has 1 heterocycles. The first-order chi connectivity index (χ1) is 9.38. The summed E-state index contributed by atoms with van der Waals surface area (Å²) in [5.41, 5.74) is 0. The first-order valence-electron chi connectivity index (χ1n) is 6.93. The van der Waals surface area contributed by atoms with Gasteiger partial charge in [0.15, 0.2) is 0 Å². The Morgan fingerprint density at radius 3 is 2.95 bits per heavy atom. The number of rotatable bonds is 3. The molecule has 2 aromatic rings. The first kappa shape index (κ1) is 12.4. The zero-order chi connectivity index (χ0) is 13.1. The third-order valence-electron chi connectivity index (χ3n) is 3.87. The second-order valence-electron chi connectivity index (χ2n) is 5.07. The molecule has 0 bridgehead atoms. The predicted octanol–water partition coefficient (Wildman–Crippen LogP) is 2.54. The summed E-state index contributed by atoms with van der Waals surface area (Å²) in [6.07, 6.45) is 6.71. The van der Waals surface area contributed by atoms with E-state index in [2.05, 4.69) is 15.5 Å². The lowest BCUT2D eigenvalue weighted by Crippen LogP contribution is -2.43. The van der Waals surface area contributed by atoms with E-state index in [1.807, 2.05) is 31.3 Å². The molecule has 0 spiro atoms. The maximum atomic E-state index is 6.14. The lowest BCUT2D eigenvalue weighted by molar-refractivity contribution is 0.113. The highest BCUT2D eigenvalue weighted by Crippen LogP contribution is 2.27. The highest BCUT2D eigenvalue weighted by Gasteiger charge is 2.26. The van der Waals surface area contributed by atoms with Crippen molar-refractivity contribution in [3.05, 3.63) is 30.5 Å². The van der Waals surface area contributed by atoms with Crippen molar-refractivity contribution in [1.82, 2.24) is 15.5 Å². The Morgan fingerprint density at radius 1 is 1.21 bits per heavy atom. The summed E-state index contributed by atoms with van der Waals surface area (Å²) in [6.45, 7) is 0. The number of nitrogens with zero attached hydrogens (tertiary/aromatic N) is 2. The van der Waals surface area contributed by atoms with Gasteiger partial charge in [0.1, 0.15) is 6.10 Å². The molecule has 1 aliphatic carbocycles. The molecule has 100 valence electrons. The van der Waals surface area contributed by atoms with Gasteiger partial charge < -0.3 is 10.1 Å². The molecule has 4 heteroatoms. The molecule has 0 radical (unpaired) electrons. The van der Waals surface area contributed by atoms with Crippen molar-refractivity contribution in [2.75, 3.05) is 7.05 Å². The summed E-state index contributed by atoms with van der Waals surface area (Å²) >= 11 is 0. The van der Waals surface area contributed by atoms with Crippen LogP contribution in [0.3, 0.4) is 0 Å². The quantitative estimate of drug-likeness (QED) is 0.918. The van der Waals surface area contributed by atoms with Crippen LogP contribution in [0.5, 0.6) is 5.88 Å². The largest absolute Gasteiger partial charge is 0.471 e. The van der Waals surface area contributed by atoms with E-state index in [0.717, 1.165) is 17.2 Å². The van der Waals surface area contributed by atoms with Crippen molar-refractivity contribution in [1.29, 1.82) is 0 Å². The van der Waals surface area contributed by atoms with Gasteiger partial charge in [0.05, 0.1) is 6.20 Å². The van der Waals surface area contributed by atoms with E-state index in [1.165, 1.54) is 19.3 Å². The van der Waals surface area contributed by atoms with Crippen molar-refractivity contribution in [2.24, 2.45) is 0 Å². The van der Waals surface area contributed by atoms with Crippen LogP contribution in [-0.4, -0.2) is 29.4 Å². The van der Waals surface area contributed by atoms with Gasteiger partial charge in [-0.2, -0.15) is 5.10 Å². The number of hydrogen-bond acceptors (Lipinski definition) is 4. The van der Waals surface area contributed by atoms with Crippen LogP contribution in [0.2, 0.25) is 0 Å². The standard InChI is InChI=1S/C15H19N3O/c1-16-13-8-4-5-9-14(13)19-15-12-7-3-2-6-11(12)10-17-18-15/h2-3,6-7,10,13-14,16H,4-5,8-9H2,1H3. The minimum atomic E-state index is 0.193. The molecular weight excluding hydrogens is 238 g/mol. The maximum Gasteiger partial charge on any atom is 0.241 e. The fourth-order valence-corrected chi connectivity index (χ4v) is 2.80. The summed E-state index contributed by atoms with van der Waals surface area (Å²) in [5, 5.41) is 13.7. The second kappa shape index (κ2) is 5.53. The van der Waals surface area contributed by atoms with Gasteiger partial charge in [-0.3, -0.25) is 0 Å². The van der Waals surface area contributed by atoms with E-state index in [1.54, 1.807) is 6.20 Å². The highest BCUT2D eigenvalue weighted by atomic mass is 16.5. The van der Waals surface area contributed by atoms with Crippen molar-refractivity contribution >= 4 is 10.8 Å². The third-order valence-corrected chi connectivity index (χ3v) is 3.87. The molecule has 0 saturated heterocycles. The molecule has 1 aromatic carbocycles. The van der Waals surface area contributed by atoms with Crippen LogP contribution in [0.25, 0.3) is 10.8 Å². The van der Waals surface area contributed by atoms with Gasteiger partial charge in [-0.05, 0) is 32.4 Å². The molecule has 0 aliphatic heterocycles. The number of likely N-dealkylation sites (N-methyl/N-ethyl adjacent to an activating group) is 1. The SMILES string of the molecule is CNC1CCCCC1Oc1nncc2ccccc12. The van der Waals surface area contributed by atoms with Gasteiger partial charge in [-0.15, -0.1) is 5.10 Å². The van der Waals surface area contributed by atoms with Gasteiger partial charge in [-0.25, -0.2) is 0 Å². The van der Waals surface area contributed by atoms with Crippen LogP contribution in [0, 0.1) is 0 Å². The molecule has 1 fully saturated rings. The van der Waals surface area contributed by atoms with E-state index >= 15 is 0 Å². The van der Waals surface area contributed by atoms with Crippen LogP contribution >= 0.6 is 0 Å². The van der Waals surface area contributed by atoms with Crippen LogP contribution in [0.1, 0.15) is 25.7 Å². The lowest BCUT2D eigenvalue weighted by atomic mass is 9.92. The van der Waals surface area contributed by atoms with E-state index < -0.39 is 0 Å². The number of fused-ring (bicyclic) bond motifs is 1.